The molecule has 0 atom stereocenters. The Hall–Kier alpha value is -2.58. The summed E-state index contributed by atoms with van der Waals surface area (Å²) in [7, 11) is 0. The summed E-state index contributed by atoms with van der Waals surface area (Å²) in [5.41, 5.74) is 8.30. The van der Waals surface area contributed by atoms with Crippen molar-refractivity contribution in [1.29, 1.82) is 0 Å². The Morgan fingerprint density at radius 2 is 2.10 bits per heavy atom. The number of nitrogens with two attached hydrogens (primary N) is 1. The third kappa shape index (κ3) is 3.71. The van der Waals surface area contributed by atoms with Crippen LogP contribution in [0.25, 0.3) is 0 Å². The van der Waals surface area contributed by atoms with Gasteiger partial charge in [0.1, 0.15) is 5.69 Å². The molecule has 21 heavy (non-hydrogen) atoms. The van der Waals surface area contributed by atoms with Crippen molar-refractivity contribution in [2.24, 2.45) is 5.73 Å². The SMILES string of the molecule is CCn1nc(C)cc1C(=O)Nc1ccc(C#CCN)cc1. The van der Waals surface area contributed by atoms with E-state index in [1.165, 1.54) is 0 Å². The average molecular weight is 282 g/mol. The molecule has 1 aromatic carbocycles. The maximum Gasteiger partial charge on any atom is 0.273 e. The lowest BCUT2D eigenvalue weighted by Gasteiger charge is -2.06. The molecule has 1 amide bonds. The first kappa shape index (κ1) is 14.8. The van der Waals surface area contributed by atoms with E-state index in [0.29, 0.717) is 18.8 Å². The maximum atomic E-state index is 12.2. The lowest BCUT2D eigenvalue weighted by Crippen LogP contribution is -2.17. The highest BCUT2D eigenvalue weighted by atomic mass is 16.2. The molecule has 0 spiro atoms. The van der Waals surface area contributed by atoms with Gasteiger partial charge >= 0.3 is 0 Å². The fraction of sp³-hybridized carbons (Fsp3) is 0.250. The van der Waals surface area contributed by atoms with Gasteiger partial charge in [-0.05, 0) is 44.2 Å². The van der Waals surface area contributed by atoms with Crippen LogP contribution in [-0.2, 0) is 6.54 Å². The molecule has 0 radical (unpaired) electrons. The van der Waals surface area contributed by atoms with Gasteiger partial charge in [-0.25, -0.2) is 0 Å². The quantitative estimate of drug-likeness (QED) is 0.843. The summed E-state index contributed by atoms with van der Waals surface area (Å²) in [6, 6.07) is 9.11. The molecule has 0 bridgehead atoms. The summed E-state index contributed by atoms with van der Waals surface area (Å²) in [4.78, 5) is 12.2. The summed E-state index contributed by atoms with van der Waals surface area (Å²) in [5.74, 6) is 5.56. The minimum Gasteiger partial charge on any atom is -0.321 e. The largest absolute Gasteiger partial charge is 0.321 e. The predicted molar refractivity (Wildman–Crippen MR) is 83.0 cm³/mol. The molecule has 1 heterocycles. The molecule has 0 aliphatic carbocycles. The van der Waals surface area contributed by atoms with Crippen molar-refractivity contribution in [3.8, 4) is 11.8 Å². The predicted octanol–water partition coefficient (Wildman–Crippen LogP) is 1.77. The van der Waals surface area contributed by atoms with E-state index in [0.717, 1.165) is 16.9 Å². The van der Waals surface area contributed by atoms with E-state index < -0.39 is 0 Å². The molecule has 0 fully saturated rings. The van der Waals surface area contributed by atoms with Crippen LogP contribution in [0, 0.1) is 18.8 Å². The number of nitrogens with zero attached hydrogens (tertiary/aromatic N) is 2. The molecule has 2 aromatic rings. The van der Waals surface area contributed by atoms with Gasteiger partial charge in [0, 0.05) is 17.8 Å². The fourth-order valence-corrected chi connectivity index (χ4v) is 1.95. The average Bonchev–Trinajstić information content (AvgIpc) is 2.88. The van der Waals surface area contributed by atoms with E-state index in [1.807, 2.05) is 38.1 Å². The minimum atomic E-state index is -0.168. The van der Waals surface area contributed by atoms with E-state index in [4.69, 9.17) is 5.73 Å². The summed E-state index contributed by atoms with van der Waals surface area (Å²) in [6.45, 7) is 4.81. The van der Waals surface area contributed by atoms with Crippen molar-refractivity contribution in [3.05, 3.63) is 47.3 Å². The van der Waals surface area contributed by atoms with Crippen molar-refractivity contribution in [1.82, 2.24) is 9.78 Å². The first-order valence-electron chi connectivity index (χ1n) is 6.79. The van der Waals surface area contributed by atoms with Crippen LogP contribution in [0.3, 0.4) is 0 Å². The van der Waals surface area contributed by atoms with Crippen LogP contribution >= 0.6 is 0 Å². The van der Waals surface area contributed by atoms with Gasteiger partial charge in [-0.3, -0.25) is 9.48 Å². The number of benzene rings is 1. The molecule has 5 heteroatoms. The smallest absolute Gasteiger partial charge is 0.273 e. The number of carbonyl (C=O) groups excluding carboxylic acids is 1. The molecule has 0 aliphatic rings. The second-order valence-electron chi connectivity index (χ2n) is 4.52. The number of hydrogen-bond donors (Lipinski definition) is 2. The second kappa shape index (κ2) is 6.73. The van der Waals surface area contributed by atoms with Crippen LogP contribution in [0.5, 0.6) is 0 Å². The number of carbonyl (C=O) groups is 1. The summed E-state index contributed by atoms with van der Waals surface area (Å²) >= 11 is 0. The van der Waals surface area contributed by atoms with Gasteiger partial charge in [-0.15, -0.1) is 0 Å². The van der Waals surface area contributed by atoms with Crippen LogP contribution in [0.1, 0.15) is 28.7 Å². The zero-order valence-corrected chi connectivity index (χ0v) is 12.2. The Balaban J connectivity index is 2.12. The van der Waals surface area contributed by atoms with E-state index in [2.05, 4.69) is 22.3 Å². The highest BCUT2D eigenvalue weighted by molar-refractivity contribution is 6.03. The first-order chi connectivity index (χ1) is 10.1. The molecule has 0 unspecified atom stereocenters. The standard InChI is InChI=1S/C16H18N4O/c1-3-20-15(11-12(2)19-20)16(21)18-14-8-6-13(7-9-14)5-4-10-17/h6-9,11H,3,10,17H2,1-2H3,(H,18,21). The molecule has 0 saturated carbocycles. The van der Waals surface area contributed by atoms with Gasteiger partial charge in [-0.2, -0.15) is 5.10 Å². The van der Waals surface area contributed by atoms with Gasteiger partial charge in [0.25, 0.3) is 5.91 Å². The third-order valence-corrected chi connectivity index (χ3v) is 2.91. The van der Waals surface area contributed by atoms with E-state index in [-0.39, 0.29) is 5.91 Å². The Morgan fingerprint density at radius 1 is 1.38 bits per heavy atom. The number of rotatable bonds is 3. The van der Waals surface area contributed by atoms with Crippen LogP contribution in [0.15, 0.2) is 30.3 Å². The van der Waals surface area contributed by atoms with Gasteiger partial charge in [-0.1, -0.05) is 11.8 Å². The molecular weight excluding hydrogens is 264 g/mol. The number of anilines is 1. The molecule has 108 valence electrons. The normalized spacial score (nSPS) is 9.86. The number of aromatic nitrogens is 2. The van der Waals surface area contributed by atoms with E-state index in [1.54, 1.807) is 10.7 Å². The van der Waals surface area contributed by atoms with Gasteiger partial charge in [0.05, 0.1) is 12.2 Å². The van der Waals surface area contributed by atoms with Crippen molar-refractivity contribution >= 4 is 11.6 Å². The van der Waals surface area contributed by atoms with Crippen LogP contribution in [-0.4, -0.2) is 22.2 Å². The van der Waals surface area contributed by atoms with Crippen LogP contribution in [0.4, 0.5) is 5.69 Å². The van der Waals surface area contributed by atoms with E-state index in [9.17, 15) is 4.79 Å². The Labute approximate surface area is 124 Å². The highest BCUT2D eigenvalue weighted by Gasteiger charge is 2.13. The number of hydrogen-bond acceptors (Lipinski definition) is 3. The number of nitrogens with one attached hydrogen (secondary N) is 1. The first-order valence-corrected chi connectivity index (χ1v) is 6.79. The van der Waals surface area contributed by atoms with Crippen LogP contribution in [0.2, 0.25) is 0 Å². The van der Waals surface area contributed by atoms with Gasteiger partial charge in [0.2, 0.25) is 0 Å². The summed E-state index contributed by atoms with van der Waals surface area (Å²) in [6.07, 6.45) is 0. The zero-order valence-electron chi connectivity index (χ0n) is 12.2. The van der Waals surface area contributed by atoms with Gasteiger partial charge < -0.3 is 11.1 Å². The van der Waals surface area contributed by atoms with Crippen LogP contribution < -0.4 is 11.1 Å². The minimum absolute atomic E-state index is 0.168. The monoisotopic (exact) mass is 282 g/mol. The van der Waals surface area contributed by atoms with Gasteiger partial charge in [0.15, 0.2) is 0 Å². The second-order valence-corrected chi connectivity index (χ2v) is 4.52. The summed E-state index contributed by atoms with van der Waals surface area (Å²) in [5, 5.41) is 7.12. The maximum absolute atomic E-state index is 12.2. The Bertz CT molecular complexity index is 689. The van der Waals surface area contributed by atoms with Crippen molar-refractivity contribution < 1.29 is 4.79 Å². The topological polar surface area (TPSA) is 72.9 Å². The third-order valence-electron chi connectivity index (χ3n) is 2.91. The Morgan fingerprint density at radius 3 is 2.71 bits per heavy atom. The molecular formula is C16H18N4O. The molecule has 0 aliphatic heterocycles. The lowest BCUT2D eigenvalue weighted by molar-refractivity contribution is 0.101. The molecule has 5 nitrogen and oxygen atoms in total. The molecule has 0 saturated heterocycles. The van der Waals surface area contributed by atoms with Crippen molar-refractivity contribution in [3.63, 3.8) is 0 Å². The van der Waals surface area contributed by atoms with Crippen molar-refractivity contribution in [2.75, 3.05) is 11.9 Å². The number of aryl methyl sites for hydroxylation is 2. The lowest BCUT2D eigenvalue weighted by atomic mass is 10.2. The molecule has 2 rings (SSSR count). The van der Waals surface area contributed by atoms with Crippen molar-refractivity contribution in [2.45, 2.75) is 20.4 Å². The Kier molecular flexibility index (Phi) is 4.75. The molecule has 1 aromatic heterocycles. The van der Waals surface area contributed by atoms with E-state index >= 15 is 0 Å². The summed E-state index contributed by atoms with van der Waals surface area (Å²) < 4.78 is 1.69. The highest BCUT2D eigenvalue weighted by Crippen LogP contribution is 2.12. The zero-order chi connectivity index (χ0) is 15.2. The number of amides is 1. The molecule has 3 N–H and O–H groups in total. The fourth-order valence-electron chi connectivity index (χ4n) is 1.95.